The predicted octanol–water partition coefficient (Wildman–Crippen LogP) is 2.40. The number of hydrogen-bond donors (Lipinski definition) is 2. The van der Waals surface area contributed by atoms with E-state index in [1.54, 1.807) is 17.5 Å². The Morgan fingerprint density at radius 1 is 1.44 bits per heavy atom. The third-order valence-electron chi connectivity index (χ3n) is 2.80. The number of rotatable bonds is 6. The predicted molar refractivity (Wildman–Crippen MR) is 75.5 cm³/mol. The van der Waals surface area contributed by atoms with Gasteiger partial charge in [0.2, 0.25) is 0 Å². The zero-order chi connectivity index (χ0) is 12.8. The number of aromatic nitrogens is 2. The van der Waals surface area contributed by atoms with Crippen molar-refractivity contribution in [3.63, 3.8) is 0 Å². The van der Waals surface area contributed by atoms with Crippen LogP contribution in [-0.4, -0.2) is 16.5 Å². The molecule has 18 heavy (non-hydrogen) atoms. The fraction of sp³-hybridized carbons (Fsp3) is 0.385. The van der Waals surface area contributed by atoms with Crippen molar-refractivity contribution in [2.45, 2.75) is 25.8 Å². The molecule has 2 aromatic rings. The standard InChI is InChI=1S/C13H18N4S/c1-2-5-15-11(12-8-18-9-17-12)7-10-4-3-6-16-13(10)14/h3-4,6,8-9,11,15H,2,5,7H2,1H3,(H2,14,16). The largest absolute Gasteiger partial charge is 0.383 e. The average Bonchev–Trinajstić information content (AvgIpc) is 2.90. The van der Waals surface area contributed by atoms with Crippen molar-refractivity contribution in [2.75, 3.05) is 12.3 Å². The van der Waals surface area contributed by atoms with Crippen molar-refractivity contribution in [3.05, 3.63) is 40.5 Å². The van der Waals surface area contributed by atoms with Gasteiger partial charge >= 0.3 is 0 Å². The summed E-state index contributed by atoms with van der Waals surface area (Å²) in [6, 6.07) is 4.15. The van der Waals surface area contributed by atoms with E-state index in [0.717, 1.165) is 30.6 Å². The molecule has 0 bridgehead atoms. The summed E-state index contributed by atoms with van der Waals surface area (Å²) in [4.78, 5) is 8.52. The van der Waals surface area contributed by atoms with Crippen LogP contribution in [0.1, 0.15) is 30.6 Å². The summed E-state index contributed by atoms with van der Waals surface area (Å²) in [5.74, 6) is 0.607. The smallest absolute Gasteiger partial charge is 0.126 e. The van der Waals surface area contributed by atoms with Gasteiger partial charge in [0.25, 0.3) is 0 Å². The molecule has 0 fully saturated rings. The lowest BCUT2D eigenvalue weighted by molar-refractivity contribution is 0.520. The third-order valence-corrected chi connectivity index (χ3v) is 3.40. The van der Waals surface area contributed by atoms with Crippen LogP contribution in [0.2, 0.25) is 0 Å². The van der Waals surface area contributed by atoms with Crippen LogP contribution in [0, 0.1) is 0 Å². The highest BCUT2D eigenvalue weighted by atomic mass is 32.1. The lowest BCUT2D eigenvalue weighted by Crippen LogP contribution is -2.24. The highest BCUT2D eigenvalue weighted by molar-refractivity contribution is 7.07. The second-order valence-electron chi connectivity index (χ2n) is 4.17. The van der Waals surface area contributed by atoms with Crippen molar-refractivity contribution in [2.24, 2.45) is 0 Å². The first-order valence-corrected chi connectivity index (χ1v) is 7.06. The monoisotopic (exact) mass is 262 g/mol. The molecule has 2 aromatic heterocycles. The Balaban J connectivity index is 2.13. The lowest BCUT2D eigenvalue weighted by Gasteiger charge is -2.17. The molecule has 0 aliphatic heterocycles. The molecule has 2 heterocycles. The van der Waals surface area contributed by atoms with Crippen LogP contribution in [0.3, 0.4) is 0 Å². The first kappa shape index (κ1) is 13.0. The van der Waals surface area contributed by atoms with Gasteiger partial charge in [-0.25, -0.2) is 9.97 Å². The summed E-state index contributed by atoms with van der Waals surface area (Å²) in [5.41, 5.74) is 9.91. The minimum atomic E-state index is 0.211. The van der Waals surface area contributed by atoms with Gasteiger partial charge in [0.15, 0.2) is 0 Å². The highest BCUT2D eigenvalue weighted by Crippen LogP contribution is 2.20. The molecule has 1 atom stereocenters. The first-order chi connectivity index (χ1) is 8.81. The van der Waals surface area contributed by atoms with Crippen molar-refractivity contribution >= 4 is 17.2 Å². The van der Waals surface area contributed by atoms with Crippen LogP contribution in [-0.2, 0) is 6.42 Å². The summed E-state index contributed by atoms with van der Waals surface area (Å²) in [5, 5.41) is 5.59. The molecule has 0 radical (unpaired) electrons. The average molecular weight is 262 g/mol. The van der Waals surface area contributed by atoms with Crippen LogP contribution in [0.25, 0.3) is 0 Å². The second-order valence-corrected chi connectivity index (χ2v) is 4.89. The molecule has 0 aliphatic carbocycles. The van der Waals surface area contributed by atoms with Crippen LogP contribution in [0.15, 0.2) is 29.2 Å². The molecule has 96 valence electrons. The molecule has 0 saturated carbocycles. The topological polar surface area (TPSA) is 63.8 Å². The Kier molecular flexibility index (Phi) is 4.66. The van der Waals surface area contributed by atoms with Gasteiger partial charge in [-0.3, -0.25) is 0 Å². The van der Waals surface area contributed by atoms with E-state index >= 15 is 0 Å². The molecule has 5 heteroatoms. The summed E-state index contributed by atoms with van der Waals surface area (Å²) in [6.07, 6.45) is 3.64. The number of hydrogen-bond acceptors (Lipinski definition) is 5. The molecule has 1 unspecified atom stereocenters. The minimum absolute atomic E-state index is 0.211. The van der Waals surface area contributed by atoms with Gasteiger partial charge < -0.3 is 11.1 Å². The van der Waals surface area contributed by atoms with Crippen LogP contribution >= 0.6 is 11.3 Å². The van der Waals surface area contributed by atoms with Crippen molar-refractivity contribution in [1.82, 2.24) is 15.3 Å². The molecule has 0 saturated heterocycles. The van der Waals surface area contributed by atoms with E-state index in [4.69, 9.17) is 5.73 Å². The summed E-state index contributed by atoms with van der Waals surface area (Å²) in [7, 11) is 0. The number of nitrogens with one attached hydrogen (secondary N) is 1. The number of anilines is 1. The van der Waals surface area contributed by atoms with Crippen molar-refractivity contribution < 1.29 is 0 Å². The van der Waals surface area contributed by atoms with Gasteiger partial charge in [0, 0.05) is 11.6 Å². The Labute approximate surface area is 111 Å². The zero-order valence-corrected chi connectivity index (χ0v) is 11.3. The van der Waals surface area contributed by atoms with Gasteiger partial charge in [0.05, 0.1) is 17.2 Å². The minimum Gasteiger partial charge on any atom is -0.383 e. The number of pyridine rings is 1. The number of nitrogens with zero attached hydrogens (tertiary/aromatic N) is 2. The molecular weight excluding hydrogens is 244 g/mol. The molecule has 4 nitrogen and oxygen atoms in total. The van der Waals surface area contributed by atoms with Crippen LogP contribution in [0.4, 0.5) is 5.82 Å². The van der Waals surface area contributed by atoms with E-state index in [1.165, 1.54) is 0 Å². The zero-order valence-electron chi connectivity index (χ0n) is 10.5. The van der Waals surface area contributed by atoms with Gasteiger partial charge in [-0.1, -0.05) is 13.0 Å². The molecule has 0 spiro atoms. The normalized spacial score (nSPS) is 12.5. The summed E-state index contributed by atoms with van der Waals surface area (Å²) < 4.78 is 0. The van der Waals surface area contributed by atoms with Gasteiger partial charge in [-0.15, -0.1) is 11.3 Å². The van der Waals surface area contributed by atoms with E-state index in [1.807, 2.05) is 17.6 Å². The maximum absolute atomic E-state index is 5.89. The molecule has 2 rings (SSSR count). The lowest BCUT2D eigenvalue weighted by atomic mass is 10.0. The maximum atomic E-state index is 5.89. The Morgan fingerprint density at radius 3 is 3.00 bits per heavy atom. The Morgan fingerprint density at radius 2 is 2.33 bits per heavy atom. The van der Waals surface area contributed by atoms with Crippen molar-refractivity contribution in [3.8, 4) is 0 Å². The van der Waals surface area contributed by atoms with E-state index in [-0.39, 0.29) is 6.04 Å². The molecule has 0 aliphatic rings. The molecule has 0 aromatic carbocycles. The summed E-state index contributed by atoms with van der Waals surface area (Å²) >= 11 is 1.62. The molecular formula is C13H18N4S. The Bertz CT molecular complexity index is 470. The fourth-order valence-corrected chi connectivity index (χ4v) is 2.45. The number of nitrogen functional groups attached to an aromatic ring is 1. The number of thiazole rings is 1. The summed E-state index contributed by atoms with van der Waals surface area (Å²) in [6.45, 7) is 3.13. The van der Waals surface area contributed by atoms with Crippen LogP contribution < -0.4 is 11.1 Å². The highest BCUT2D eigenvalue weighted by Gasteiger charge is 2.14. The van der Waals surface area contributed by atoms with Crippen LogP contribution in [0.5, 0.6) is 0 Å². The van der Waals surface area contributed by atoms with E-state index in [0.29, 0.717) is 5.82 Å². The second kappa shape index (κ2) is 6.47. The van der Waals surface area contributed by atoms with Gasteiger partial charge in [0.1, 0.15) is 5.82 Å². The van der Waals surface area contributed by atoms with E-state index in [2.05, 4.69) is 27.6 Å². The number of nitrogens with two attached hydrogens (primary N) is 1. The van der Waals surface area contributed by atoms with E-state index < -0.39 is 0 Å². The first-order valence-electron chi connectivity index (χ1n) is 6.12. The van der Waals surface area contributed by atoms with Gasteiger partial charge in [-0.2, -0.15) is 0 Å². The third kappa shape index (κ3) is 3.27. The quantitative estimate of drug-likeness (QED) is 0.839. The maximum Gasteiger partial charge on any atom is 0.126 e. The van der Waals surface area contributed by atoms with E-state index in [9.17, 15) is 0 Å². The van der Waals surface area contributed by atoms with Gasteiger partial charge in [-0.05, 0) is 31.0 Å². The fourth-order valence-electron chi connectivity index (χ4n) is 1.84. The molecule has 0 amide bonds. The SMILES string of the molecule is CCCNC(Cc1cccnc1N)c1cscn1. The molecule has 3 N–H and O–H groups in total. The van der Waals surface area contributed by atoms with Crippen molar-refractivity contribution in [1.29, 1.82) is 0 Å². The Hall–Kier alpha value is -1.46.